The van der Waals surface area contributed by atoms with Crippen molar-refractivity contribution < 1.29 is 37.4 Å². The zero-order valence-corrected chi connectivity index (χ0v) is 31.3. The molecule has 0 saturated carbocycles. The molecule has 2 N–H and O–H groups in total. The first-order chi connectivity index (χ1) is 26.6. The number of alkyl halides is 3. The second kappa shape index (κ2) is 13.7. The molecule has 56 heavy (non-hydrogen) atoms. The third kappa shape index (κ3) is 6.39. The van der Waals surface area contributed by atoms with Crippen LogP contribution in [-0.4, -0.2) is 96.2 Å². The Morgan fingerprint density at radius 2 is 1.86 bits per heavy atom. The maximum absolute atomic E-state index is 14.6. The van der Waals surface area contributed by atoms with Crippen LogP contribution in [0.15, 0.2) is 47.4 Å². The maximum Gasteiger partial charge on any atom is 0.416 e. The molecule has 3 amide bonds. The van der Waals surface area contributed by atoms with Crippen LogP contribution in [0.5, 0.6) is 5.75 Å². The number of carbonyl (C=O) groups excluding carboxylic acids is 3. The number of halogens is 4. The fraction of sp³-hybridized carbons (Fsp3) is 0.447. The summed E-state index contributed by atoms with van der Waals surface area (Å²) in [5.41, 5.74) is -0.895. The average molecular weight is 795 g/mol. The normalized spacial score (nSPS) is 20.1. The zero-order valence-electron chi connectivity index (χ0n) is 30.5. The minimum Gasteiger partial charge on any atom is -0.505 e. The van der Waals surface area contributed by atoms with Crippen LogP contribution < -0.4 is 10.9 Å². The van der Waals surface area contributed by atoms with Gasteiger partial charge in [-0.2, -0.15) is 22.7 Å². The van der Waals surface area contributed by atoms with Gasteiger partial charge in [-0.25, -0.2) is 4.98 Å². The van der Waals surface area contributed by atoms with Crippen LogP contribution in [0.2, 0.25) is 5.02 Å². The lowest BCUT2D eigenvalue weighted by Gasteiger charge is -2.41. The van der Waals surface area contributed by atoms with Crippen molar-refractivity contribution in [3.05, 3.63) is 86.3 Å². The largest absolute Gasteiger partial charge is 0.505 e. The van der Waals surface area contributed by atoms with E-state index >= 15 is 0 Å². The van der Waals surface area contributed by atoms with Crippen molar-refractivity contribution in [2.75, 3.05) is 44.7 Å². The van der Waals surface area contributed by atoms with Gasteiger partial charge in [-0.3, -0.25) is 19.2 Å². The van der Waals surface area contributed by atoms with Gasteiger partial charge in [0.15, 0.2) is 11.5 Å². The van der Waals surface area contributed by atoms with Gasteiger partial charge in [-0.1, -0.05) is 24.6 Å². The fourth-order valence-corrected chi connectivity index (χ4v) is 8.79. The van der Waals surface area contributed by atoms with Crippen molar-refractivity contribution >= 4 is 46.4 Å². The number of ether oxygens (including phenoxy) is 1. The van der Waals surface area contributed by atoms with Crippen LogP contribution in [0, 0.1) is 5.41 Å². The summed E-state index contributed by atoms with van der Waals surface area (Å²) in [6, 6.07) is 5.57. The number of rotatable bonds is 6. The van der Waals surface area contributed by atoms with Gasteiger partial charge in [-0.05, 0) is 74.4 Å². The van der Waals surface area contributed by atoms with Gasteiger partial charge in [0.1, 0.15) is 12.3 Å². The van der Waals surface area contributed by atoms with Gasteiger partial charge in [0, 0.05) is 49.0 Å². The highest BCUT2D eigenvalue weighted by atomic mass is 35.5. The highest BCUT2D eigenvalue weighted by Gasteiger charge is 2.49. The molecule has 0 unspecified atom stereocenters. The first kappa shape index (κ1) is 37.6. The molecule has 3 aliphatic heterocycles. The van der Waals surface area contributed by atoms with Crippen LogP contribution in [0.4, 0.5) is 18.9 Å². The van der Waals surface area contributed by atoms with Crippen molar-refractivity contribution in [1.82, 2.24) is 33.9 Å². The van der Waals surface area contributed by atoms with E-state index in [9.17, 15) is 37.5 Å². The number of aromatic hydroxyl groups is 1. The summed E-state index contributed by atoms with van der Waals surface area (Å²) in [5, 5.41) is 17.3. The molecule has 14 nitrogen and oxygen atoms in total. The number of carbonyl (C=O) groups is 3. The molecule has 6 heterocycles. The smallest absolute Gasteiger partial charge is 0.416 e. The predicted molar refractivity (Wildman–Crippen MR) is 196 cm³/mol. The van der Waals surface area contributed by atoms with Crippen molar-refractivity contribution in [1.29, 1.82) is 0 Å². The minimum absolute atomic E-state index is 0.00106. The van der Waals surface area contributed by atoms with E-state index in [4.69, 9.17) is 21.3 Å². The Hall–Kier alpha value is -5.29. The molecule has 4 aromatic rings. The van der Waals surface area contributed by atoms with Gasteiger partial charge >= 0.3 is 6.18 Å². The lowest BCUT2D eigenvalue weighted by atomic mass is 9.73. The number of nitrogens with zero attached hydrogens (tertiary/aromatic N) is 7. The Balaban J connectivity index is 1.15. The summed E-state index contributed by atoms with van der Waals surface area (Å²) in [7, 11) is 0. The topological polar surface area (TPSA) is 164 Å². The summed E-state index contributed by atoms with van der Waals surface area (Å²) in [6.07, 6.45) is 0.462. The van der Waals surface area contributed by atoms with Crippen molar-refractivity contribution in [2.45, 2.75) is 63.6 Å². The molecule has 4 aliphatic rings. The molecule has 18 heteroatoms. The van der Waals surface area contributed by atoms with Gasteiger partial charge in [-0.15, -0.1) is 5.10 Å². The van der Waals surface area contributed by atoms with Crippen LogP contribution in [0.25, 0.3) is 11.4 Å². The van der Waals surface area contributed by atoms with Crippen LogP contribution in [-0.2, 0) is 32.5 Å². The molecular formula is C38H38ClF3N8O6. The van der Waals surface area contributed by atoms with Crippen molar-refractivity contribution in [3.63, 3.8) is 0 Å². The van der Waals surface area contributed by atoms with E-state index in [2.05, 4.69) is 15.4 Å². The van der Waals surface area contributed by atoms with E-state index in [1.54, 1.807) is 14.4 Å². The number of likely N-dealkylation sites (tertiary alicyclic amines) is 1. The second-order valence-corrected chi connectivity index (χ2v) is 15.8. The minimum atomic E-state index is -4.62. The number of fused-ring (bicyclic) bond motifs is 3. The van der Waals surface area contributed by atoms with Gasteiger partial charge in [0.2, 0.25) is 17.6 Å². The molecule has 1 atom stereocenters. The fourth-order valence-electron chi connectivity index (χ4n) is 8.56. The van der Waals surface area contributed by atoms with E-state index in [1.165, 1.54) is 22.8 Å². The predicted octanol–water partition coefficient (Wildman–Crippen LogP) is 4.64. The molecule has 3 aromatic heterocycles. The number of aromatic nitrogens is 5. The molecular weight excluding hydrogens is 757 g/mol. The Labute approximate surface area is 322 Å². The molecule has 0 bridgehead atoms. The van der Waals surface area contributed by atoms with E-state index in [0.29, 0.717) is 63.2 Å². The summed E-state index contributed by atoms with van der Waals surface area (Å²) in [5.74, 6) is -1.12. The number of benzene rings is 1. The lowest BCUT2D eigenvalue weighted by molar-refractivity contribution is -0.168. The van der Waals surface area contributed by atoms with Crippen LogP contribution in [0.1, 0.15) is 78.6 Å². The zero-order chi connectivity index (χ0) is 39.7. The number of nitrogens with one attached hydrogen (secondary N) is 1. The number of amides is 3. The molecule has 2 saturated heterocycles. The van der Waals surface area contributed by atoms with Crippen molar-refractivity contribution in [3.8, 4) is 5.75 Å². The number of anilines is 1. The van der Waals surface area contributed by atoms with E-state index in [-0.39, 0.29) is 65.2 Å². The molecule has 294 valence electrons. The Kier molecular flexibility index (Phi) is 9.22. The Bertz CT molecular complexity index is 2380. The van der Waals surface area contributed by atoms with Gasteiger partial charge in [0.25, 0.3) is 11.5 Å². The Morgan fingerprint density at radius 3 is 2.48 bits per heavy atom. The summed E-state index contributed by atoms with van der Waals surface area (Å²) < 4.78 is 48.0. The first-order valence-corrected chi connectivity index (χ1v) is 18.7. The highest BCUT2D eigenvalue weighted by molar-refractivity contribution is 6.33. The highest BCUT2D eigenvalue weighted by Crippen LogP contribution is 2.50. The van der Waals surface area contributed by atoms with E-state index in [0.717, 1.165) is 23.8 Å². The third-order valence-corrected chi connectivity index (χ3v) is 11.8. The second-order valence-electron chi connectivity index (χ2n) is 15.4. The lowest BCUT2D eigenvalue weighted by Crippen LogP contribution is -2.54. The first-order valence-electron chi connectivity index (χ1n) is 18.3. The molecule has 1 aromatic carbocycles. The number of piperidine rings is 1. The van der Waals surface area contributed by atoms with Crippen LogP contribution in [0.3, 0.4) is 0 Å². The van der Waals surface area contributed by atoms with Gasteiger partial charge < -0.3 is 29.5 Å². The quantitative estimate of drug-likeness (QED) is 0.283. The molecule has 0 radical (unpaired) electrons. The average Bonchev–Trinajstić information content (AvgIpc) is 3.73. The summed E-state index contributed by atoms with van der Waals surface area (Å²) in [4.78, 5) is 67.0. The third-order valence-electron chi connectivity index (χ3n) is 11.5. The maximum atomic E-state index is 14.6. The van der Waals surface area contributed by atoms with E-state index < -0.39 is 39.9 Å². The molecule has 1 spiro atoms. The number of hydrogen-bond donors (Lipinski definition) is 2. The Morgan fingerprint density at radius 1 is 1.11 bits per heavy atom. The SMILES string of the molecule is C[C@H]1CC2(CCN(C(=O)c3ncccc3O)CC2)c2c1n(CC(=O)Nc1ccc(C(F)(F)F)cc1Cl)c1nc(C3=CCN(C(=O)C4(C)COC4)CC3)nn1c2=O. The van der Waals surface area contributed by atoms with Crippen LogP contribution >= 0.6 is 11.6 Å². The standard InChI is InChI=1S/C38H38ClF3N8O6/c1-21-17-37(9-14-47(15-10-37)33(54)29-26(51)4-3-11-43-29)28-30(21)49(18-27(52)44-25-6-5-23(16-24(25)39)38(40,41)42)35-45-31(46-50(35)32(28)53)22-7-12-48(13-8-22)34(55)36(2)19-56-20-36/h3-7,11,16,21,51H,8-10,12-15,17-20H2,1-2H3,(H,44,52)/t21-/m0/s1. The van der Waals surface area contributed by atoms with Crippen molar-refractivity contribution in [2.24, 2.45) is 5.41 Å². The van der Waals surface area contributed by atoms with E-state index in [1.807, 2.05) is 19.9 Å². The number of hydrogen-bond acceptors (Lipinski definition) is 9. The van der Waals surface area contributed by atoms with Gasteiger partial charge in [0.05, 0.1) is 34.9 Å². The molecule has 8 rings (SSSR count). The monoisotopic (exact) mass is 794 g/mol. The molecule has 1 aliphatic carbocycles. The molecule has 2 fully saturated rings. The summed E-state index contributed by atoms with van der Waals surface area (Å²) in [6.45, 7) is 5.48. The number of pyridine rings is 1. The summed E-state index contributed by atoms with van der Waals surface area (Å²) >= 11 is 6.18.